The summed E-state index contributed by atoms with van der Waals surface area (Å²) in [6, 6.07) is 9.98. The maximum Gasteiger partial charge on any atom is 0.255 e. The highest BCUT2D eigenvalue weighted by molar-refractivity contribution is 7.11. The predicted octanol–water partition coefficient (Wildman–Crippen LogP) is 5.79. The topological polar surface area (TPSA) is 32.8 Å². The lowest BCUT2D eigenvalue weighted by molar-refractivity contribution is 0.0795. The number of amides is 1. The number of likely N-dealkylation sites (tertiary alicyclic amines) is 1. The van der Waals surface area contributed by atoms with Crippen molar-refractivity contribution in [3.8, 4) is 5.75 Å². The first kappa shape index (κ1) is 23.6. The number of nitrogens with zero attached hydrogens (tertiary/aromatic N) is 2. The minimum absolute atomic E-state index is 0.0577. The van der Waals surface area contributed by atoms with Crippen LogP contribution in [0.2, 0.25) is 0 Å². The summed E-state index contributed by atoms with van der Waals surface area (Å²) in [4.78, 5) is 18.0. The van der Waals surface area contributed by atoms with Gasteiger partial charge >= 0.3 is 0 Å². The molecule has 0 aliphatic carbocycles. The van der Waals surface area contributed by atoms with Crippen LogP contribution >= 0.6 is 11.3 Å². The standard InChI is InChI=1S/C26H36N2O2S/c1-5-14-27(4)26(29)24-13-19-31-25(24)21(3)22-7-9-23(10-8-22)30-18-6-15-28-16-11-20(2)12-17-28/h7-10,13,19-20H,3,5-6,11-12,14-18H2,1-2,4H3. The highest BCUT2D eigenvalue weighted by Gasteiger charge is 2.19. The third-order valence-electron chi connectivity index (χ3n) is 6.04. The van der Waals surface area contributed by atoms with E-state index in [0.717, 1.165) is 65.8 Å². The number of thiophene rings is 1. The zero-order valence-corrected chi connectivity index (χ0v) is 20.0. The highest BCUT2D eigenvalue weighted by atomic mass is 32.1. The average Bonchev–Trinajstić information content (AvgIpc) is 3.27. The number of carbonyl (C=O) groups excluding carboxylic acids is 1. The second-order valence-corrected chi connectivity index (χ2v) is 9.54. The Morgan fingerprint density at radius 1 is 1.23 bits per heavy atom. The minimum atomic E-state index is 0.0577. The first-order valence-electron chi connectivity index (χ1n) is 11.5. The molecule has 0 atom stereocenters. The number of benzene rings is 1. The van der Waals surface area contributed by atoms with E-state index in [1.165, 1.54) is 25.9 Å². The number of carbonyl (C=O) groups is 1. The van der Waals surface area contributed by atoms with E-state index in [2.05, 4.69) is 25.3 Å². The van der Waals surface area contributed by atoms with E-state index < -0.39 is 0 Å². The third-order valence-corrected chi connectivity index (χ3v) is 7.02. The molecule has 31 heavy (non-hydrogen) atoms. The molecule has 168 valence electrons. The first-order chi connectivity index (χ1) is 15.0. The fraction of sp³-hybridized carbons (Fsp3) is 0.500. The van der Waals surface area contributed by atoms with Gasteiger partial charge in [-0.15, -0.1) is 11.3 Å². The SMILES string of the molecule is C=C(c1ccc(OCCCN2CCC(C)CC2)cc1)c1sccc1C(=O)N(C)CCC. The third kappa shape index (κ3) is 6.44. The molecule has 3 rings (SSSR count). The van der Waals surface area contributed by atoms with Crippen LogP contribution in [-0.4, -0.2) is 55.5 Å². The number of hydrogen-bond acceptors (Lipinski definition) is 4. The Morgan fingerprint density at radius 3 is 2.61 bits per heavy atom. The van der Waals surface area contributed by atoms with Gasteiger partial charge in [-0.1, -0.05) is 32.6 Å². The molecule has 0 radical (unpaired) electrons. The fourth-order valence-electron chi connectivity index (χ4n) is 4.00. The molecule has 0 saturated carbocycles. The first-order valence-corrected chi connectivity index (χ1v) is 12.4. The summed E-state index contributed by atoms with van der Waals surface area (Å²) in [6.07, 6.45) is 4.63. The number of piperidine rings is 1. The number of rotatable bonds is 10. The van der Waals surface area contributed by atoms with Crippen molar-refractivity contribution >= 4 is 22.8 Å². The van der Waals surface area contributed by atoms with Gasteiger partial charge in [0.1, 0.15) is 5.75 Å². The fourth-order valence-corrected chi connectivity index (χ4v) is 4.88. The van der Waals surface area contributed by atoms with Crippen molar-refractivity contribution in [1.82, 2.24) is 9.80 Å². The van der Waals surface area contributed by atoms with Gasteiger partial charge in [-0.2, -0.15) is 0 Å². The van der Waals surface area contributed by atoms with Gasteiger partial charge < -0.3 is 14.5 Å². The van der Waals surface area contributed by atoms with Gasteiger partial charge in [-0.25, -0.2) is 0 Å². The number of ether oxygens (including phenoxy) is 1. The molecule has 1 fully saturated rings. The van der Waals surface area contributed by atoms with Crippen molar-refractivity contribution in [3.05, 3.63) is 58.3 Å². The second-order valence-electron chi connectivity index (χ2n) is 8.62. The largest absolute Gasteiger partial charge is 0.494 e. The van der Waals surface area contributed by atoms with E-state index in [1.807, 2.05) is 42.8 Å². The summed E-state index contributed by atoms with van der Waals surface area (Å²) in [5.74, 6) is 1.82. The van der Waals surface area contributed by atoms with E-state index >= 15 is 0 Å². The van der Waals surface area contributed by atoms with E-state index in [9.17, 15) is 4.79 Å². The summed E-state index contributed by atoms with van der Waals surface area (Å²) in [5.41, 5.74) is 2.64. The zero-order valence-electron chi connectivity index (χ0n) is 19.2. The van der Waals surface area contributed by atoms with Crippen LogP contribution in [0, 0.1) is 5.92 Å². The molecule has 0 bridgehead atoms. The maximum atomic E-state index is 12.8. The molecule has 0 unspecified atom stereocenters. The molecule has 1 aromatic carbocycles. The van der Waals surface area contributed by atoms with Crippen LogP contribution < -0.4 is 4.74 Å². The lowest BCUT2D eigenvalue weighted by Gasteiger charge is -2.30. The van der Waals surface area contributed by atoms with Crippen LogP contribution in [0.25, 0.3) is 5.57 Å². The molecule has 1 aliphatic heterocycles. The quantitative estimate of drug-likeness (QED) is 0.438. The van der Waals surface area contributed by atoms with E-state index in [-0.39, 0.29) is 5.91 Å². The lowest BCUT2D eigenvalue weighted by atomic mass is 9.99. The average molecular weight is 441 g/mol. The lowest BCUT2D eigenvalue weighted by Crippen LogP contribution is -2.34. The Labute approximate surface area is 191 Å². The smallest absolute Gasteiger partial charge is 0.255 e. The normalized spacial score (nSPS) is 15.1. The van der Waals surface area contributed by atoms with Crippen molar-refractivity contribution in [3.63, 3.8) is 0 Å². The molecule has 0 N–H and O–H groups in total. The van der Waals surface area contributed by atoms with E-state index in [4.69, 9.17) is 4.74 Å². The van der Waals surface area contributed by atoms with Crippen molar-refractivity contribution in [1.29, 1.82) is 0 Å². The highest BCUT2D eigenvalue weighted by Crippen LogP contribution is 2.31. The molecule has 1 saturated heterocycles. The van der Waals surface area contributed by atoms with Crippen molar-refractivity contribution in [2.24, 2.45) is 5.92 Å². The molecule has 0 spiro atoms. The molecule has 4 nitrogen and oxygen atoms in total. The Kier molecular flexibility index (Phi) is 8.73. The number of hydrogen-bond donors (Lipinski definition) is 0. The zero-order chi connectivity index (χ0) is 22.2. The molecule has 2 heterocycles. The van der Waals surface area contributed by atoms with Gasteiger partial charge in [-0.05, 0) is 79.4 Å². The predicted molar refractivity (Wildman–Crippen MR) is 131 cm³/mol. The van der Waals surface area contributed by atoms with Crippen LogP contribution in [-0.2, 0) is 0 Å². The van der Waals surface area contributed by atoms with Crippen LogP contribution in [0.4, 0.5) is 0 Å². The van der Waals surface area contributed by atoms with Gasteiger partial charge in [0.15, 0.2) is 0 Å². The van der Waals surface area contributed by atoms with E-state index in [0.29, 0.717) is 0 Å². The van der Waals surface area contributed by atoms with Crippen molar-refractivity contribution in [2.45, 2.75) is 39.5 Å². The van der Waals surface area contributed by atoms with Crippen LogP contribution in [0.3, 0.4) is 0 Å². The summed E-state index contributed by atoms with van der Waals surface area (Å²) in [5, 5.41) is 1.97. The van der Waals surface area contributed by atoms with Crippen molar-refractivity contribution in [2.75, 3.05) is 39.8 Å². The molecule has 5 heteroatoms. The molecule has 1 aliphatic rings. The molecule has 2 aromatic rings. The Morgan fingerprint density at radius 2 is 1.94 bits per heavy atom. The van der Waals surface area contributed by atoms with Gasteiger partial charge in [-0.3, -0.25) is 4.79 Å². The van der Waals surface area contributed by atoms with Crippen LogP contribution in [0.15, 0.2) is 42.3 Å². The molecular weight excluding hydrogens is 404 g/mol. The summed E-state index contributed by atoms with van der Waals surface area (Å²) >= 11 is 1.57. The summed E-state index contributed by atoms with van der Waals surface area (Å²) in [6.45, 7) is 13.7. The van der Waals surface area contributed by atoms with Gasteiger partial charge in [0, 0.05) is 25.0 Å². The monoisotopic (exact) mass is 440 g/mol. The van der Waals surface area contributed by atoms with Crippen LogP contribution in [0.5, 0.6) is 5.75 Å². The second kappa shape index (κ2) is 11.5. The molecular formula is C26H36N2O2S. The van der Waals surface area contributed by atoms with Gasteiger partial charge in [0.25, 0.3) is 5.91 Å². The summed E-state index contributed by atoms with van der Waals surface area (Å²) < 4.78 is 5.95. The van der Waals surface area contributed by atoms with Crippen molar-refractivity contribution < 1.29 is 9.53 Å². The summed E-state index contributed by atoms with van der Waals surface area (Å²) in [7, 11) is 1.86. The maximum absolute atomic E-state index is 12.8. The molecule has 1 aromatic heterocycles. The Bertz CT molecular complexity index is 851. The minimum Gasteiger partial charge on any atom is -0.494 e. The van der Waals surface area contributed by atoms with Gasteiger partial charge in [0.2, 0.25) is 0 Å². The Balaban J connectivity index is 1.51. The van der Waals surface area contributed by atoms with Gasteiger partial charge in [0.05, 0.1) is 12.2 Å². The molecule has 1 amide bonds. The van der Waals surface area contributed by atoms with E-state index in [1.54, 1.807) is 16.2 Å². The Hall–Kier alpha value is -2.11. The van der Waals surface area contributed by atoms with Crippen LogP contribution in [0.1, 0.15) is 60.3 Å².